The van der Waals surface area contributed by atoms with E-state index in [0.717, 1.165) is 18.6 Å². The predicted octanol–water partition coefficient (Wildman–Crippen LogP) is 4.72. The average Bonchev–Trinajstić information content (AvgIpc) is 2.47. The lowest BCUT2D eigenvalue weighted by molar-refractivity contribution is 0.0565. The van der Waals surface area contributed by atoms with Crippen LogP contribution in [-0.2, 0) is 6.42 Å². The zero-order chi connectivity index (χ0) is 15.5. The molecule has 2 heteroatoms. The van der Waals surface area contributed by atoms with Gasteiger partial charge in [0.15, 0.2) is 0 Å². The first kappa shape index (κ1) is 15.8. The molecule has 2 unspecified atom stereocenters. The number of ether oxygens (including phenoxy) is 1. The summed E-state index contributed by atoms with van der Waals surface area (Å²) in [5.74, 6) is 0.921. The molecule has 0 spiro atoms. The van der Waals surface area contributed by atoms with Crippen molar-refractivity contribution >= 4 is 10.8 Å². The molecule has 0 saturated heterocycles. The maximum atomic E-state index is 10.2. The molecule has 0 aliphatic rings. The van der Waals surface area contributed by atoms with Gasteiger partial charge >= 0.3 is 0 Å². The smallest absolute Gasteiger partial charge is 0.120 e. The number of benzene rings is 2. The normalized spacial score (nSPS) is 15.7. The largest absolute Gasteiger partial charge is 0.491 e. The molecule has 21 heavy (non-hydrogen) atoms. The quantitative estimate of drug-likeness (QED) is 0.832. The maximum absolute atomic E-state index is 10.2. The Hall–Kier alpha value is -1.54. The van der Waals surface area contributed by atoms with Gasteiger partial charge in [-0.25, -0.2) is 0 Å². The van der Waals surface area contributed by atoms with Crippen molar-refractivity contribution < 1.29 is 9.84 Å². The molecule has 2 aromatic carbocycles. The fraction of sp³-hybridized carbons (Fsp3) is 0.474. The van der Waals surface area contributed by atoms with Crippen molar-refractivity contribution in [3.05, 3.63) is 42.0 Å². The van der Waals surface area contributed by atoms with E-state index in [2.05, 4.69) is 44.2 Å². The minimum absolute atomic E-state index is 0.237. The van der Waals surface area contributed by atoms with E-state index in [1.54, 1.807) is 0 Å². The number of hydrogen-bond donors (Lipinski definition) is 1. The Morgan fingerprint density at radius 2 is 1.76 bits per heavy atom. The fourth-order valence-corrected chi connectivity index (χ4v) is 2.34. The summed E-state index contributed by atoms with van der Waals surface area (Å²) in [6, 6.07) is 12.6. The van der Waals surface area contributed by atoms with Gasteiger partial charge < -0.3 is 9.84 Å². The Kier molecular flexibility index (Phi) is 4.89. The van der Waals surface area contributed by atoms with E-state index in [9.17, 15) is 5.11 Å². The SMILES string of the molecule is CCC(C)Oc1ccc2cc(CC(C)(O)CC)ccc2c1. The van der Waals surface area contributed by atoms with Gasteiger partial charge in [0.25, 0.3) is 0 Å². The van der Waals surface area contributed by atoms with Crippen LogP contribution in [0.25, 0.3) is 10.8 Å². The lowest BCUT2D eigenvalue weighted by atomic mass is 9.93. The molecule has 2 atom stereocenters. The lowest BCUT2D eigenvalue weighted by Crippen LogP contribution is -2.25. The van der Waals surface area contributed by atoms with E-state index < -0.39 is 5.60 Å². The second kappa shape index (κ2) is 6.48. The third-order valence-corrected chi connectivity index (χ3v) is 4.13. The monoisotopic (exact) mass is 286 g/mol. The summed E-state index contributed by atoms with van der Waals surface area (Å²) in [6.07, 6.45) is 2.68. The second-order valence-corrected chi connectivity index (χ2v) is 6.21. The molecule has 2 nitrogen and oxygen atoms in total. The van der Waals surface area contributed by atoms with E-state index in [0.29, 0.717) is 6.42 Å². The number of rotatable bonds is 6. The van der Waals surface area contributed by atoms with Crippen LogP contribution in [0.15, 0.2) is 36.4 Å². The Balaban J connectivity index is 2.23. The molecule has 0 radical (unpaired) electrons. The number of hydrogen-bond acceptors (Lipinski definition) is 2. The van der Waals surface area contributed by atoms with Gasteiger partial charge in [-0.15, -0.1) is 0 Å². The number of aliphatic hydroxyl groups is 1. The summed E-state index contributed by atoms with van der Waals surface area (Å²) >= 11 is 0. The van der Waals surface area contributed by atoms with E-state index in [1.807, 2.05) is 19.9 Å². The molecular formula is C19H26O2. The molecule has 0 fully saturated rings. The van der Waals surface area contributed by atoms with Crippen molar-refractivity contribution in [2.75, 3.05) is 0 Å². The summed E-state index contributed by atoms with van der Waals surface area (Å²) in [5.41, 5.74) is 0.540. The highest BCUT2D eigenvalue weighted by atomic mass is 16.5. The third-order valence-electron chi connectivity index (χ3n) is 4.13. The van der Waals surface area contributed by atoms with Crippen LogP contribution in [0, 0.1) is 0 Å². The summed E-state index contributed by atoms with van der Waals surface area (Å²) in [6.45, 7) is 8.11. The summed E-state index contributed by atoms with van der Waals surface area (Å²) in [5, 5.41) is 12.6. The van der Waals surface area contributed by atoms with Crippen LogP contribution in [0.1, 0.15) is 46.1 Å². The molecule has 2 rings (SSSR count). The van der Waals surface area contributed by atoms with E-state index >= 15 is 0 Å². The minimum atomic E-state index is -0.632. The van der Waals surface area contributed by atoms with Crippen molar-refractivity contribution in [2.24, 2.45) is 0 Å². The van der Waals surface area contributed by atoms with Gasteiger partial charge in [0.2, 0.25) is 0 Å². The van der Waals surface area contributed by atoms with Crippen LogP contribution in [0.3, 0.4) is 0 Å². The second-order valence-electron chi connectivity index (χ2n) is 6.21. The van der Waals surface area contributed by atoms with Crippen LogP contribution in [0.4, 0.5) is 0 Å². The molecule has 114 valence electrons. The van der Waals surface area contributed by atoms with Crippen LogP contribution in [0.2, 0.25) is 0 Å². The van der Waals surface area contributed by atoms with Gasteiger partial charge in [-0.1, -0.05) is 38.1 Å². The summed E-state index contributed by atoms with van der Waals surface area (Å²) in [7, 11) is 0. The molecule has 0 saturated carbocycles. The Labute approximate surface area is 127 Å². The predicted molar refractivity (Wildman–Crippen MR) is 88.9 cm³/mol. The molecule has 2 aromatic rings. The maximum Gasteiger partial charge on any atom is 0.120 e. The molecule has 0 aliphatic heterocycles. The molecule has 1 N–H and O–H groups in total. The van der Waals surface area contributed by atoms with Crippen molar-refractivity contribution in [1.82, 2.24) is 0 Å². The first-order chi connectivity index (χ1) is 9.93. The molecule has 0 aliphatic carbocycles. The van der Waals surface area contributed by atoms with E-state index in [1.165, 1.54) is 16.3 Å². The van der Waals surface area contributed by atoms with Gasteiger partial charge in [0.05, 0.1) is 11.7 Å². The minimum Gasteiger partial charge on any atom is -0.491 e. The topological polar surface area (TPSA) is 29.5 Å². The Bertz CT molecular complexity index is 602. The first-order valence-corrected chi connectivity index (χ1v) is 7.85. The van der Waals surface area contributed by atoms with E-state index in [-0.39, 0.29) is 6.10 Å². The van der Waals surface area contributed by atoms with Gasteiger partial charge in [-0.3, -0.25) is 0 Å². The van der Waals surface area contributed by atoms with Gasteiger partial charge in [-0.05, 0) is 55.2 Å². The van der Waals surface area contributed by atoms with Crippen molar-refractivity contribution in [3.63, 3.8) is 0 Å². The highest BCUT2D eigenvalue weighted by Gasteiger charge is 2.18. The van der Waals surface area contributed by atoms with E-state index in [4.69, 9.17) is 4.74 Å². The first-order valence-electron chi connectivity index (χ1n) is 7.85. The summed E-state index contributed by atoms with van der Waals surface area (Å²) in [4.78, 5) is 0. The van der Waals surface area contributed by atoms with Crippen molar-refractivity contribution in [2.45, 2.75) is 58.7 Å². The van der Waals surface area contributed by atoms with Crippen LogP contribution >= 0.6 is 0 Å². The number of fused-ring (bicyclic) bond motifs is 1. The van der Waals surface area contributed by atoms with Crippen molar-refractivity contribution in [3.8, 4) is 5.75 Å². The highest BCUT2D eigenvalue weighted by Crippen LogP contribution is 2.25. The molecule has 0 amide bonds. The zero-order valence-corrected chi connectivity index (χ0v) is 13.5. The highest BCUT2D eigenvalue weighted by molar-refractivity contribution is 5.84. The Morgan fingerprint density at radius 1 is 1.10 bits per heavy atom. The Morgan fingerprint density at radius 3 is 2.43 bits per heavy atom. The van der Waals surface area contributed by atoms with Gasteiger partial charge in [0, 0.05) is 6.42 Å². The van der Waals surface area contributed by atoms with Gasteiger partial charge in [-0.2, -0.15) is 0 Å². The van der Waals surface area contributed by atoms with Crippen LogP contribution < -0.4 is 4.74 Å². The molecule has 0 heterocycles. The molecule has 0 bridgehead atoms. The average molecular weight is 286 g/mol. The molecule has 0 aromatic heterocycles. The van der Waals surface area contributed by atoms with Crippen LogP contribution in [-0.4, -0.2) is 16.8 Å². The zero-order valence-electron chi connectivity index (χ0n) is 13.5. The molecular weight excluding hydrogens is 260 g/mol. The third kappa shape index (κ3) is 4.21. The lowest BCUT2D eigenvalue weighted by Gasteiger charge is -2.21. The summed E-state index contributed by atoms with van der Waals surface area (Å²) < 4.78 is 5.86. The standard InChI is InChI=1S/C19H26O2/c1-5-14(3)21-18-10-9-16-11-15(7-8-17(16)12-18)13-19(4,20)6-2/h7-12,14,20H,5-6,13H2,1-4H3. The van der Waals surface area contributed by atoms with Crippen LogP contribution in [0.5, 0.6) is 5.75 Å². The van der Waals surface area contributed by atoms with Gasteiger partial charge in [0.1, 0.15) is 5.75 Å². The fourth-order valence-electron chi connectivity index (χ4n) is 2.34. The van der Waals surface area contributed by atoms with Crippen molar-refractivity contribution in [1.29, 1.82) is 0 Å².